The van der Waals surface area contributed by atoms with E-state index in [1.165, 1.54) is 0 Å². The largest absolute Gasteiger partial charge is 0.490 e. The molecule has 5 rings (SSSR count). The fourth-order valence-electron chi connectivity index (χ4n) is 4.82. The van der Waals surface area contributed by atoms with Gasteiger partial charge >= 0.3 is 18.1 Å². The molecule has 0 fully saturated rings. The normalized spacial score (nSPS) is 11.1. The zero-order chi connectivity index (χ0) is 32.6. The van der Waals surface area contributed by atoms with Crippen molar-refractivity contribution in [3.63, 3.8) is 0 Å². The summed E-state index contributed by atoms with van der Waals surface area (Å²) in [6, 6.07) is 29.6. The summed E-state index contributed by atoms with van der Waals surface area (Å²) in [5.74, 6) is -1.79. The number of aliphatic carboxylic acids is 1. The highest BCUT2D eigenvalue weighted by atomic mass is 19.4. The van der Waals surface area contributed by atoms with Crippen molar-refractivity contribution in [2.24, 2.45) is 0 Å². The van der Waals surface area contributed by atoms with Crippen LogP contribution in [0.3, 0.4) is 0 Å². The molecule has 7 nitrogen and oxygen atoms in total. The van der Waals surface area contributed by atoms with Crippen LogP contribution in [0.25, 0.3) is 22.2 Å². The van der Waals surface area contributed by atoms with Gasteiger partial charge in [0.25, 0.3) is 0 Å². The monoisotopic (exact) mass is 618 g/mol. The lowest BCUT2D eigenvalue weighted by Gasteiger charge is -2.14. The van der Waals surface area contributed by atoms with Crippen LogP contribution in [0, 0.1) is 6.92 Å². The van der Waals surface area contributed by atoms with Gasteiger partial charge < -0.3 is 19.5 Å². The van der Waals surface area contributed by atoms with Crippen molar-refractivity contribution in [1.29, 1.82) is 0 Å². The summed E-state index contributed by atoms with van der Waals surface area (Å²) in [4.78, 5) is 25.7. The molecule has 0 radical (unpaired) electrons. The summed E-state index contributed by atoms with van der Waals surface area (Å²) in [6.45, 7) is 5.44. The van der Waals surface area contributed by atoms with E-state index in [-0.39, 0.29) is 0 Å². The molecule has 4 aromatic carbocycles. The fraction of sp³-hybridized carbons (Fsp3) is 0.229. The Balaban J connectivity index is 0.000000591. The average molecular weight is 619 g/mol. The number of aromatic carboxylic acids is 1. The molecular formula is C35H33F3N2O5. The van der Waals surface area contributed by atoms with Gasteiger partial charge in [-0.05, 0) is 53.3 Å². The molecule has 0 aliphatic rings. The third kappa shape index (κ3) is 8.29. The smallest absolute Gasteiger partial charge is 0.487 e. The molecule has 0 bridgehead atoms. The van der Waals surface area contributed by atoms with Gasteiger partial charge in [-0.2, -0.15) is 13.2 Å². The van der Waals surface area contributed by atoms with Crippen LogP contribution < -0.4 is 4.74 Å². The van der Waals surface area contributed by atoms with Crippen LogP contribution in [-0.4, -0.2) is 37.9 Å². The van der Waals surface area contributed by atoms with E-state index in [2.05, 4.69) is 48.7 Å². The predicted octanol–water partition coefficient (Wildman–Crippen LogP) is 8.31. The number of aryl methyl sites for hydroxylation is 2. The SMILES string of the molecule is CCCCc1nc2c(C)ccc(OCc3ccccc3)c2n1Cc1ccc(-c2ccccc2C(=O)O)cc1.O=C(O)C(F)(F)F. The van der Waals surface area contributed by atoms with Gasteiger partial charge in [-0.3, -0.25) is 0 Å². The van der Waals surface area contributed by atoms with Crippen LogP contribution in [-0.2, 0) is 24.4 Å². The number of hydrogen-bond donors (Lipinski definition) is 2. The number of rotatable bonds is 10. The Morgan fingerprint density at radius 1 is 0.867 bits per heavy atom. The number of nitrogens with zero attached hydrogens (tertiary/aromatic N) is 2. The summed E-state index contributed by atoms with van der Waals surface area (Å²) in [5, 5.41) is 16.7. The third-order valence-electron chi connectivity index (χ3n) is 7.13. The minimum Gasteiger partial charge on any atom is -0.487 e. The first-order valence-electron chi connectivity index (χ1n) is 14.4. The number of halogens is 3. The minimum atomic E-state index is -5.08. The lowest BCUT2D eigenvalue weighted by atomic mass is 9.98. The molecule has 1 aromatic heterocycles. The van der Waals surface area contributed by atoms with Crippen molar-refractivity contribution in [1.82, 2.24) is 9.55 Å². The molecular weight excluding hydrogens is 585 g/mol. The summed E-state index contributed by atoms with van der Waals surface area (Å²) in [5.41, 5.74) is 7.28. The maximum absolute atomic E-state index is 11.7. The first-order valence-corrected chi connectivity index (χ1v) is 14.4. The van der Waals surface area contributed by atoms with E-state index in [4.69, 9.17) is 19.6 Å². The standard InChI is InChI=1S/C33H32N2O3.C2HF3O2/c1-3-4-14-30-34-31-23(2)15-20-29(38-22-25-10-6-5-7-11-25)32(31)35(30)21-24-16-18-26(19-17-24)27-12-8-9-13-28(27)33(36)37;3-2(4,5)1(6)7/h5-13,15-20H,3-4,14,21-22H2,1-2H3,(H,36,37);(H,6,7). The quantitative estimate of drug-likeness (QED) is 0.163. The van der Waals surface area contributed by atoms with Crippen molar-refractivity contribution in [3.05, 3.63) is 119 Å². The minimum absolute atomic E-state index is 0.304. The van der Waals surface area contributed by atoms with Gasteiger partial charge in [-0.1, -0.05) is 92.2 Å². The molecule has 0 amide bonds. The number of carbonyl (C=O) groups is 2. The number of unbranched alkanes of at least 4 members (excludes halogenated alkanes) is 1. The van der Waals surface area contributed by atoms with Crippen molar-refractivity contribution in [2.75, 3.05) is 0 Å². The highest BCUT2D eigenvalue weighted by molar-refractivity contribution is 5.96. The Morgan fingerprint density at radius 2 is 1.51 bits per heavy atom. The second-order valence-electron chi connectivity index (χ2n) is 10.4. The number of carboxylic acid groups (broad SMARTS) is 2. The highest BCUT2D eigenvalue weighted by Crippen LogP contribution is 2.32. The van der Waals surface area contributed by atoms with Gasteiger partial charge in [0.05, 0.1) is 11.1 Å². The molecule has 234 valence electrons. The second-order valence-corrected chi connectivity index (χ2v) is 10.4. The Bertz CT molecular complexity index is 1760. The van der Waals surface area contributed by atoms with Crippen molar-refractivity contribution in [3.8, 4) is 16.9 Å². The Kier molecular flexibility index (Phi) is 10.6. The topological polar surface area (TPSA) is 102 Å². The Morgan fingerprint density at radius 3 is 2.13 bits per heavy atom. The summed E-state index contributed by atoms with van der Waals surface area (Å²) in [7, 11) is 0. The van der Waals surface area contributed by atoms with E-state index in [1.807, 2.05) is 48.5 Å². The molecule has 5 aromatic rings. The molecule has 2 N–H and O–H groups in total. The number of alkyl halides is 3. The first-order chi connectivity index (χ1) is 21.5. The maximum atomic E-state index is 11.7. The number of carboxylic acids is 2. The number of fused-ring (bicyclic) bond motifs is 1. The predicted molar refractivity (Wildman–Crippen MR) is 165 cm³/mol. The zero-order valence-corrected chi connectivity index (χ0v) is 24.8. The van der Waals surface area contributed by atoms with Crippen molar-refractivity contribution >= 4 is 23.0 Å². The van der Waals surface area contributed by atoms with E-state index in [0.717, 1.165) is 69.7 Å². The van der Waals surface area contributed by atoms with Crippen molar-refractivity contribution in [2.45, 2.75) is 52.4 Å². The molecule has 10 heteroatoms. The average Bonchev–Trinajstić information content (AvgIpc) is 3.39. The highest BCUT2D eigenvalue weighted by Gasteiger charge is 2.38. The van der Waals surface area contributed by atoms with E-state index in [1.54, 1.807) is 12.1 Å². The van der Waals surface area contributed by atoms with Crippen LogP contribution in [0.15, 0.2) is 91.0 Å². The molecule has 0 unspecified atom stereocenters. The molecule has 0 spiro atoms. The van der Waals surface area contributed by atoms with Gasteiger partial charge in [0, 0.05) is 13.0 Å². The Hall–Kier alpha value is -5.12. The zero-order valence-electron chi connectivity index (χ0n) is 24.8. The van der Waals surface area contributed by atoms with Gasteiger partial charge in [-0.15, -0.1) is 0 Å². The molecule has 0 aliphatic carbocycles. The number of ether oxygens (including phenoxy) is 1. The number of imidazole rings is 1. The van der Waals surface area contributed by atoms with Crippen LogP contribution in [0.4, 0.5) is 13.2 Å². The summed E-state index contributed by atoms with van der Waals surface area (Å²) in [6.07, 6.45) is -2.03. The van der Waals surface area contributed by atoms with Crippen molar-refractivity contribution < 1.29 is 37.7 Å². The van der Waals surface area contributed by atoms with Gasteiger partial charge in [0.1, 0.15) is 23.7 Å². The first kappa shape index (κ1) is 32.8. The van der Waals surface area contributed by atoms with E-state index in [9.17, 15) is 23.1 Å². The number of hydrogen-bond acceptors (Lipinski definition) is 4. The maximum Gasteiger partial charge on any atom is 0.490 e. The lowest BCUT2D eigenvalue weighted by Crippen LogP contribution is -2.21. The van der Waals surface area contributed by atoms with E-state index >= 15 is 0 Å². The van der Waals surface area contributed by atoms with Crippen LogP contribution in [0.1, 0.15) is 52.6 Å². The molecule has 45 heavy (non-hydrogen) atoms. The summed E-state index contributed by atoms with van der Waals surface area (Å²) < 4.78 is 40.4. The van der Waals surface area contributed by atoms with Gasteiger partial charge in [-0.25, -0.2) is 14.6 Å². The molecule has 0 saturated heterocycles. The fourth-order valence-corrected chi connectivity index (χ4v) is 4.82. The van der Waals surface area contributed by atoms with Gasteiger partial charge in [0.2, 0.25) is 0 Å². The van der Waals surface area contributed by atoms with Crippen LogP contribution in [0.5, 0.6) is 5.75 Å². The third-order valence-corrected chi connectivity index (χ3v) is 7.13. The van der Waals surface area contributed by atoms with E-state index < -0.39 is 18.1 Å². The Labute approximate surface area is 258 Å². The number of benzene rings is 4. The van der Waals surface area contributed by atoms with Gasteiger partial charge in [0.15, 0.2) is 0 Å². The molecule has 1 heterocycles. The van der Waals surface area contributed by atoms with Crippen LogP contribution in [0.2, 0.25) is 0 Å². The number of aromatic nitrogens is 2. The molecule has 0 aliphatic heterocycles. The second kappa shape index (κ2) is 14.6. The lowest BCUT2D eigenvalue weighted by molar-refractivity contribution is -0.192. The molecule has 0 atom stereocenters. The van der Waals surface area contributed by atoms with E-state index in [0.29, 0.717) is 18.7 Å². The molecule has 0 saturated carbocycles. The summed E-state index contributed by atoms with van der Waals surface area (Å²) >= 11 is 0. The van der Waals surface area contributed by atoms with Crippen LogP contribution >= 0.6 is 0 Å².